The molecule has 278 valence electrons. The quantitative estimate of drug-likeness (QED) is 0.170. The molecule has 0 spiro atoms. The summed E-state index contributed by atoms with van der Waals surface area (Å²) < 4.78 is 23.1. The van der Waals surface area contributed by atoms with Crippen LogP contribution in [0.3, 0.4) is 0 Å². The summed E-state index contributed by atoms with van der Waals surface area (Å²) in [7, 11) is 0. The molecule has 0 saturated carbocycles. The van der Waals surface area contributed by atoms with Crippen molar-refractivity contribution < 1.29 is 9.13 Å². The van der Waals surface area contributed by atoms with Crippen LogP contribution in [0.15, 0.2) is 152 Å². The summed E-state index contributed by atoms with van der Waals surface area (Å²) in [5, 5.41) is 2.32. The standard InChI is InChI=1S/C50H45FN4O/c1-49(2,3)34-25-26-52-48(29-34)55-44-16-10-8-14-41(44)42-24-23-38(31-47(42)55)56-39-28-35(50(4,5)6)27-37(30-39)53-32-54(46-18-12-11-17-45(46)53)43-15-9-7-13-40(43)33-19-21-36(51)22-20-33/h7-31H,32H2,1-6H3. The number of para-hydroxylation sites is 4. The van der Waals surface area contributed by atoms with Gasteiger partial charge in [0.1, 0.15) is 29.8 Å². The van der Waals surface area contributed by atoms with E-state index in [-0.39, 0.29) is 16.6 Å². The van der Waals surface area contributed by atoms with Gasteiger partial charge in [0.25, 0.3) is 0 Å². The van der Waals surface area contributed by atoms with E-state index in [1.165, 1.54) is 28.6 Å². The molecular weight excluding hydrogens is 692 g/mol. The van der Waals surface area contributed by atoms with Gasteiger partial charge < -0.3 is 14.5 Å². The van der Waals surface area contributed by atoms with Gasteiger partial charge in [-0.2, -0.15) is 0 Å². The Hall–Kier alpha value is -6.40. The van der Waals surface area contributed by atoms with Gasteiger partial charge in [-0.05, 0) is 100 Å². The van der Waals surface area contributed by atoms with Gasteiger partial charge in [-0.3, -0.25) is 4.57 Å². The molecule has 9 rings (SSSR count). The maximum Gasteiger partial charge on any atom is 0.137 e. The number of nitrogens with zero attached hydrogens (tertiary/aromatic N) is 4. The molecule has 6 aromatic carbocycles. The molecule has 1 aliphatic heterocycles. The fraction of sp³-hybridized carbons (Fsp3) is 0.180. The van der Waals surface area contributed by atoms with Crippen LogP contribution >= 0.6 is 0 Å². The number of anilines is 4. The molecule has 0 amide bonds. The zero-order valence-electron chi connectivity index (χ0n) is 32.7. The van der Waals surface area contributed by atoms with Crippen LogP contribution < -0.4 is 14.5 Å². The van der Waals surface area contributed by atoms with Gasteiger partial charge in [-0.25, -0.2) is 9.37 Å². The van der Waals surface area contributed by atoms with E-state index in [1.807, 2.05) is 24.4 Å². The van der Waals surface area contributed by atoms with Crippen LogP contribution in [0.4, 0.5) is 27.1 Å². The van der Waals surface area contributed by atoms with Crippen molar-refractivity contribution in [3.63, 3.8) is 0 Å². The van der Waals surface area contributed by atoms with Crippen molar-refractivity contribution in [2.24, 2.45) is 0 Å². The van der Waals surface area contributed by atoms with Crippen molar-refractivity contribution in [2.75, 3.05) is 16.5 Å². The molecule has 1 aliphatic rings. The van der Waals surface area contributed by atoms with Gasteiger partial charge in [0.15, 0.2) is 0 Å². The molecule has 0 aliphatic carbocycles. The zero-order chi connectivity index (χ0) is 38.8. The summed E-state index contributed by atoms with van der Waals surface area (Å²) in [5.41, 5.74) is 10.7. The second-order valence-electron chi connectivity index (χ2n) is 16.8. The maximum atomic E-state index is 13.9. The Balaban J connectivity index is 1.13. The normalized spacial score (nSPS) is 13.1. The van der Waals surface area contributed by atoms with Gasteiger partial charge in [0.2, 0.25) is 0 Å². The maximum absolute atomic E-state index is 13.9. The van der Waals surface area contributed by atoms with Crippen LogP contribution in [-0.4, -0.2) is 16.2 Å². The van der Waals surface area contributed by atoms with Crippen LogP contribution in [0.1, 0.15) is 52.7 Å². The highest BCUT2D eigenvalue weighted by molar-refractivity contribution is 6.09. The molecule has 3 heterocycles. The zero-order valence-corrected chi connectivity index (χ0v) is 32.7. The highest BCUT2D eigenvalue weighted by Crippen LogP contribution is 2.48. The van der Waals surface area contributed by atoms with Crippen molar-refractivity contribution in [3.8, 4) is 28.4 Å². The smallest absolute Gasteiger partial charge is 0.137 e. The molecule has 2 aromatic heterocycles. The summed E-state index contributed by atoms with van der Waals surface area (Å²) >= 11 is 0. The Morgan fingerprint density at radius 2 is 1.21 bits per heavy atom. The van der Waals surface area contributed by atoms with Gasteiger partial charge in [-0.15, -0.1) is 0 Å². The largest absolute Gasteiger partial charge is 0.457 e. The summed E-state index contributed by atoms with van der Waals surface area (Å²) in [6, 6.07) is 49.4. The number of benzene rings is 6. The molecule has 6 heteroatoms. The van der Waals surface area contributed by atoms with E-state index in [0.29, 0.717) is 6.67 Å². The van der Waals surface area contributed by atoms with Crippen LogP contribution in [0.5, 0.6) is 11.5 Å². The lowest BCUT2D eigenvalue weighted by Gasteiger charge is -2.27. The molecule has 0 fully saturated rings. The second kappa shape index (κ2) is 13.4. The lowest BCUT2D eigenvalue weighted by molar-refractivity contribution is 0.479. The Kier molecular flexibility index (Phi) is 8.46. The first-order chi connectivity index (χ1) is 26.9. The third-order valence-electron chi connectivity index (χ3n) is 10.9. The van der Waals surface area contributed by atoms with Crippen LogP contribution in [0.2, 0.25) is 0 Å². The summed E-state index contributed by atoms with van der Waals surface area (Å²) in [6.45, 7) is 14.0. The molecule has 0 saturated heterocycles. The average molecular weight is 737 g/mol. The minimum atomic E-state index is -0.245. The topological polar surface area (TPSA) is 33.5 Å². The summed E-state index contributed by atoms with van der Waals surface area (Å²) in [5.74, 6) is 2.16. The minimum absolute atomic E-state index is 0.0145. The predicted molar refractivity (Wildman–Crippen MR) is 230 cm³/mol. The molecule has 0 unspecified atom stereocenters. The number of fused-ring (bicyclic) bond motifs is 4. The van der Waals surface area contributed by atoms with Crippen molar-refractivity contribution >= 4 is 44.6 Å². The molecule has 5 nitrogen and oxygen atoms in total. The van der Waals surface area contributed by atoms with Crippen LogP contribution in [-0.2, 0) is 10.8 Å². The third-order valence-corrected chi connectivity index (χ3v) is 10.9. The Bertz CT molecular complexity index is 2750. The lowest BCUT2D eigenvalue weighted by atomic mass is 9.86. The van der Waals surface area contributed by atoms with Gasteiger partial charge in [-0.1, -0.05) is 102 Å². The number of halogens is 1. The van der Waals surface area contributed by atoms with Gasteiger partial charge in [0, 0.05) is 40.4 Å². The van der Waals surface area contributed by atoms with E-state index < -0.39 is 0 Å². The minimum Gasteiger partial charge on any atom is -0.457 e. The van der Waals surface area contributed by atoms with E-state index in [2.05, 4.69) is 171 Å². The van der Waals surface area contributed by atoms with Crippen molar-refractivity contribution in [2.45, 2.75) is 52.4 Å². The number of hydrogen-bond acceptors (Lipinski definition) is 4. The fourth-order valence-corrected chi connectivity index (χ4v) is 7.86. The summed E-state index contributed by atoms with van der Waals surface area (Å²) in [4.78, 5) is 9.57. The number of ether oxygens (including phenoxy) is 1. The van der Waals surface area contributed by atoms with E-state index in [9.17, 15) is 4.39 Å². The number of rotatable bonds is 6. The Morgan fingerprint density at radius 3 is 1.96 bits per heavy atom. The predicted octanol–water partition coefficient (Wildman–Crippen LogP) is 13.6. The number of aromatic nitrogens is 2. The van der Waals surface area contributed by atoms with Crippen molar-refractivity contribution in [3.05, 3.63) is 169 Å². The Labute approximate surface area is 328 Å². The van der Waals surface area contributed by atoms with E-state index in [1.54, 1.807) is 0 Å². The second-order valence-corrected chi connectivity index (χ2v) is 16.8. The van der Waals surface area contributed by atoms with Crippen LogP contribution in [0.25, 0.3) is 38.8 Å². The first-order valence-corrected chi connectivity index (χ1v) is 19.2. The molecule has 0 N–H and O–H groups in total. The molecular formula is C50H45FN4O. The average Bonchev–Trinajstić information content (AvgIpc) is 3.74. The highest BCUT2D eigenvalue weighted by atomic mass is 19.1. The molecule has 0 bridgehead atoms. The van der Waals surface area contributed by atoms with Crippen molar-refractivity contribution in [1.82, 2.24) is 9.55 Å². The monoisotopic (exact) mass is 736 g/mol. The van der Waals surface area contributed by atoms with E-state index in [0.717, 1.165) is 67.6 Å². The molecule has 0 atom stereocenters. The van der Waals surface area contributed by atoms with Gasteiger partial charge in [0.05, 0.1) is 28.1 Å². The first kappa shape index (κ1) is 35.3. The number of hydrogen-bond donors (Lipinski definition) is 0. The summed E-state index contributed by atoms with van der Waals surface area (Å²) in [6.07, 6.45) is 1.91. The van der Waals surface area contributed by atoms with E-state index >= 15 is 0 Å². The first-order valence-electron chi connectivity index (χ1n) is 19.2. The van der Waals surface area contributed by atoms with Crippen molar-refractivity contribution in [1.29, 1.82) is 0 Å². The van der Waals surface area contributed by atoms with Gasteiger partial charge >= 0.3 is 0 Å². The van der Waals surface area contributed by atoms with E-state index in [4.69, 9.17) is 9.72 Å². The lowest BCUT2D eigenvalue weighted by Crippen LogP contribution is -2.25. The Morgan fingerprint density at radius 1 is 0.554 bits per heavy atom. The van der Waals surface area contributed by atoms with Crippen LogP contribution in [0, 0.1) is 5.82 Å². The third kappa shape index (κ3) is 6.35. The fourth-order valence-electron chi connectivity index (χ4n) is 7.86. The SMILES string of the molecule is CC(C)(C)c1cc(Oc2ccc3c4ccccc4n(-c4cc(C(C)(C)C)ccn4)c3c2)cc(N2CN(c3ccccc3-c3ccc(F)cc3)c3ccccc32)c1. The molecule has 8 aromatic rings. The molecule has 0 radical (unpaired) electrons. The molecule has 56 heavy (non-hydrogen) atoms. The number of pyridine rings is 1. The highest BCUT2D eigenvalue weighted by Gasteiger charge is 2.30.